The maximum Gasteiger partial charge on any atom is 0.243 e. The van der Waals surface area contributed by atoms with Crippen molar-refractivity contribution in [2.45, 2.75) is 24.9 Å². The molecule has 7 heteroatoms. The maximum atomic E-state index is 13.2. The monoisotopic (exact) mass is 384 g/mol. The van der Waals surface area contributed by atoms with Gasteiger partial charge in [-0.1, -0.05) is 30.3 Å². The number of benzene rings is 2. The Bertz CT molecular complexity index is 982. The summed E-state index contributed by atoms with van der Waals surface area (Å²) in [7, 11) is -3.76. The van der Waals surface area contributed by atoms with Crippen LogP contribution in [-0.2, 0) is 27.9 Å². The minimum Gasteiger partial charge on any atom is -0.468 e. The number of nitrogens with zero attached hydrogens (tertiary/aromatic N) is 1. The minimum absolute atomic E-state index is 0.123. The lowest BCUT2D eigenvalue weighted by atomic mass is 10.2. The van der Waals surface area contributed by atoms with Gasteiger partial charge in [0.2, 0.25) is 15.9 Å². The Kier molecular flexibility index (Phi) is 5.73. The van der Waals surface area contributed by atoms with Crippen molar-refractivity contribution in [3.8, 4) is 0 Å². The van der Waals surface area contributed by atoms with Crippen molar-refractivity contribution in [1.29, 1.82) is 0 Å². The van der Waals surface area contributed by atoms with Crippen LogP contribution in [0.2, 0.25) is 0 Å². The topological polar surface area (TPSA) is 79.6 Å². The number of hydrogen-bond donors (Lipinski definition) is 1. The maximum absolute atomic E-state index is 13.2. The van der Waals surface area contributed by atoms with E-state index in [1.54, 1.807) is 24.3 Å². The lowest BCUT2D eigenvalue weighted by Crippen LogP contribution is -2.30. The third-order valence-electron chi connectivity index (χ3n) is 3.93. The summed E-state index contributed by atoms with van der Waals surface area (Å²) in [6.45, 7) is 1.74. The normalized spacial score (nSPS) is 11.5. The predicted molar refractivity (Wildman–Crippen MR) is 102 cm³/mol. The highest BCUT2D eigenvalue weighted by Gasteiger charge is 2.25. The van der Waals surface area contributed by atoms with Gasteiger partial charge in [0.25, 0.3) is 0 Å². The van der Waals surface area contributed by atoms with Gasteiger partial charge < -0.3 is 9.73 Å². The first-order chi connectivity index (χ1) is 12.9. The summed E-state index contributed by atoms with van der Waals surface area (Å²) in [6, 6.07) is 19.0. The SMILES string of the molecule is CC(=O)Nc1ccc(S(=O)(=O)N(Cc2ccccc2)Cc2ccco2)cc1. The fourth-order valence-electron chi connectivity index (χ4n) is 2.65. The van der Waals surface area contributed by atoms with Gasteiger partial charge in [0.15, 0.2) is 0 Å². The van der Waals surface area contributed by atoms with E-state index < -0.39 is 10.0 Å². The number of sulfonamides is 1. The van der Waals surface area contributed by atoms with Crippen LogP contribution in [0.25, 0.3) is 0 Å². The highest BCUT2D eigenvalue weighted by atomic mass is 32.2. The molecule has 0 aliphatic rings. The van der Waals surface area contributed by atoms with Crippen molar-refractivity contribution in [2.24, 2.45) is 0 Å². The van der Waals surface area contributed by atoms with Gasteiger partial charge in [0.05, 0.1) is 17.7 Å². The standard InChI is InChI=1S/C20H20N2O4S/c1-16(23)21-18-9-11-20(12-10-18)27(24,25)22(15-19-8-5-13-26-19)14-17-6-3-2-4-7-17/h2-13H,14-15H2,1H3,(H,21,23). The Morgan fingerprint density at radius 2 is 1.67 bits per heavy atom. The minimum atomic E-state index is -3.76. The zero-order valence-electron chi connectivity index (χ0n) is 14.8. The van der Waals surface area contributed by atoms with Gasteiger partial charge in [-0.25, -0.2) is 8.42 Å². The molecular weight excluding hydrogens is 364 g/mol. The van der Waals surface area contributed by atoms with E-state index in [4.69, 9.17) is 4.42 Å². The first-order valence-corrected chi connectivity index (χ1v) is 9.83. The number of amides is 1. The van der Waals surface area contributed by atoms with E-state index in [1.807, 2.05) is 30.3 Å². The van der Waals surface area contributed by atoms with Gasteiger partial charge in [-0.05, 0) is 42.0 Å². The van der Waals surface area contributed by atoms with E-state index >= 15 is 0 Å². The first kappa shape index (κ1) is 18.9. The number of rotatable bonds is 7. The molecule has 0 fully saturated rings. The second-order valence-electron chi connectivity index (χ2n) is 6.04. The van der Waals surface area contributed by atoms with Crippen molar-refractivity contribution >= 4 is 21.6 Å². The molecule has 0 radical (unpaired) electrons. The van der Waals surface area contributed by atoms with E-state index in [-0.39, 0.29) is 23.9 Å². The number of carbonyl (C=O) groups excluding carboxylic acids is 1. The second-order valence-corrected chi connectivity index (χ2v) is 7.98. The third-order valence-corrected chi connectivity index (χ3v) is 5.73. The molecule has 0 aliphatic heterocycles. The van der Waals surface area contributed by atoms with Gasteiger partial charge in [0.1, 0.15) is 5.76 Å². The van der Waals surface area contributed by atoms with Crippen LogP contribution >= 0.6 is 0 Å². The van der Waals surface area contributed by atoms with Crippen LogP contribution in [0.1, 0.15) is 18.2 Å². The molecule has 140 valence electrons. The van der Waals surface area contributed by atoms with Crippen molar-refractivity contribution in [3.05, 3.63) is 84.3 Å². The zero-order valence-corrected chi connectivity index (χ0v) is 15.6. The van der Waals surface area contributed by atoms with Gasteiger partial charge in [-0.3, -0.25) is 4.79 Å². The van der Waals surface area contributed by atoms with Crippen LogP contribution in [0, 0.1) is 0 Å². The summed E-state index contributed by atoms with van der Waals surface area (Å²) < 4.78 is 33.1. The van der Waals surface area contributed by atoms with Crippen molar-refractivity contribution in [1.82, 2.24) is 4.31 Å². The average Bonchev–Trinajstić information content (AvgIpc) is 3.15. The highest BCUT2D eigenvalue weighted by Crippen LogP contribution is 2.23. The van der Waals surface area contributed by atoms with E-state index in [9.17, 15) is 13.2 Å². The molecule has 0 saturated carbocycles. The number of anilines is 1. The molecule has 1 heterocycles. The van der Waals surface area contributed by atoms with Gasteiger partial charge in [0, 0.05) is 19.2 Å². The van der Waals surface area contributed by atoms with Gasteiger partial charge in [-0.2, -0.15) is 4.31 Å². The Morgan fingerprint density at radius 3 is 2.26 bits per heavy atom. The summed E-state index contributed by atoms with van der Waals surface area (Å²) in [4.78, 5) is 11.3. The molecule has 0 bridgehead atoms. The number of hydrogen-bond acceptors (Lipinski definition) is 4. The Morgan fingerprint density at radius 1 is 0.963 bits per heavy atom. The number of furan rings is 1. The largest absolute Gasteiger partial charge is 0.468 e. The molecule has 0 aliphatic carbocycles. The molecule has 0 atom stereocenters. The lowest BCUT2D eigenvalue weighted by molar-refractivity contribution is -0.114. The molecule has 0 spiro atoms. The van der Waals surface area contributed by atoms with Crippen LogP contribution in [0.4, 0.5) is 5.69 Å². The fraction of sp³-hybridized carbons (Fsp3) is 0.150. The molecule has 1 amide bonds. The van der Waals surface area contributed by atoms with E-state index in [2.05, 4.69) is 5.32 Å². The highest BCUT2D eigenvalue weighted by molar-refractivity contribution is 7.89. The molecule has 0 saturated heterocycles. The molecule has 2 aromatic carbocycles. The molecular formula is C20H20N2O4S. The molecule has 1 N–H and O–H groups in total. The molecule has 3 rings (SSSR count). The molecule has 1 aromatic heterocycles. The van der Waals surface area contributed by atoms with E-state index in [0.29, 0.717) is 11.4 Å². The molecule has 27 heavy (non-hydrogen) atoms. The van der Waals surface area contributed by atoms with Crippen LogP contribution in [0.3, 0.4) is 0 Å². The van der Waals surface area contributed by atoms with E-state index in [0.717, 1.165) is 5.56 Å². The van der Waals surface area contributed by atoms with Crippen molar-refractivity contribution < 1.29 is 17.6 Å². The van der Waals surface area contributed by atoms with Crippen LogP contribution in [0.5, 0.6) is 0 Å². The summed E-state index contributed by atoms with van der Waals surface area (Å²) in [5.74, 6) is 0.346. The quantitative estimate of drug-likeness (QED) is 0.675. The first-order valence-electron chi connectivity index (χ1n) is 8.39. The Hall–Kier alpha value is -2.90. The van der Waals surface area contributed by atoms with Gasteiger partial charge in [-0.15, -0.1) is 0 Å². The van der Waals surface area contributed by atoms with Crippen LogP contribution < -0.4 is 5.32 Å². The summed E-state index contributed by atoms with van der Waals surface area (Å²) >= 11 is 0. The lowest BCUT2D eigenvalue weighted by Gasteiger charge is -2.21. The number of carbonyl (C=O) groups is 1. The zero-order chi connectivity index (χ0) is 19.3. The summed E-state index contributed by atoms with van der Waals surface area (Å²) in [6.07, 6.45) is 1.52. The Labute approximate surface area is 158 Å². The molecule has 3 aromatic rings. The Balaban J connectivity index is 1.90. The van der Waals surface area contributed by atoms with Crippen LogP contribution in [-0.4, -0.2) is 18.6 Å². The summed E-state index contributed by atoms with van der Waals surface area (Å²) in [5.41, 5.74) is 1.42. The summed E-state index contributed by atoms with van der Waals surface area (Å²) in [5, 5.41) is 2.63. The van der Waals surface area contributed by atoms with Crippen molar-refractivity contribution in [3.63, 3.8) is 0 Å². The molecule has 0 unspecified atom stereocenters. The fourth-order valence-corrected chi connectivity index (χ4v) is 4.05. The predicted octanol–water partition coefficient (Wildman–Crippen LogP) is 3.63. The van der Waals surface area contributed by atoms with Gasteiger partial charge >= 0.3 is 0 Å². The molecule has 6 nitrogen and oxygen atoms in total. The average molecular weight is 384 g/mol. The number of nitrogens with one attached hydrogen (secondary N) is 1. The second kappa shape index (κ2) is 8.20. The third kappa shape index (κ3) is 4.84. The smallest absolute Gasteiger partial charge is 0.243 e. The van der Waals surface area contributed by atoms with Crippen LogP contribution in [0.15, 0.2) is 82.3 Å². The van der Waals surface area contributed by atoms with Crippen molar-refractivity contribution in [2.75, 3.05) is 5.32 Å². The van der Waals surface area contributed by atoms with E-state index in [1.165, 1.54) is 29.6 Å².